The Morgan fingerprint density at radius 3 is 2.62 bits per heavy atom. The van der Waals surface area contributed by atoms with Crippen molar-refractivity contribution in [3.63, 3.8) is 0 Å². The Balaban J connectivity index is 2.98. The van der Waals surface area contributed by atoms with E-state index >= 15 is 0 Å². The number of nitrogens with two attached hydrogens (primary N) is 1. The fourth-order valence-corrected chi connectivity index (χ4v) is 1.41. The molecule has 0 aliphatic rings. The van der Waals surface area contributed by atoms with Crippen LogP contribution in [0.1, 0.15) is 30.5 Å². The molecule has 0 spiro atoms. The summed E-state index contributed by atoms with van der Waals surface area (Å²) in [6.07, 6.45) is 0.965. The summed E-state index contributed by atoms with van der Waals surface area (Å²) in [5.41, 5.74) is 8.36. The van der Waals surface area contributed by atoms with Crippen molar-refractivity contribution in [1.82, 2.24) is 0 Å². The summed E-state index contributed by atoms with van der Waals surface area (Å²) in [7, 11) is 1.67. The molecular formula is C11H17NO. The Morgan fingerprint density at radius 2 is 2.15 bits per heavy atom. The standard InChI is InChI=1S/C11H17NO/c1-4-11(12)10-6-5-9(13-3)7-8(10)2/h5-7,11H,4,12H2,1-3H3. The molecule has 13 heavy (non-hydrogen) atoms. The Labute approximate surface area is 79.7 Å². The molecule has 72 valence electrons. The first kappa shape index (κ1) is 10.1. The van der Waals surface area contributed by atoms with E-state index in [1.165, 1.54) is 11.1 Å². The number of aryl methyl sites for hydroxylation is 1. The van der Waals surface area contributed by atoms with E-state index in [1.54, 1.807) is 7.11 Å². The van der Waals surface area contributed by atoms with E-state index in [0.29, 0.717) is 0 Å². The maximum Gasteiger partial charge on any atom is 0.119 e. The van der Waals surface area contributed by atoms with E-state index in [2.05, 4.69) is 13.8 Å². The zero-order valence-corrected chi connectivity index (χ0v) is 8.50. The second-order valence-corrected chi connectivity index (χ2v) is 3.24. The summed E-state index contributed by atoms with van der Waals surface area (Å²) in [5, 5.41) is 0. The van der Waals surface area contributed by atoms with Crippen LogP contribution in [0.3, 0.4) is 0 Å². The van der Waals surface area contributed by atoms with E-state index in [4.69, 9.17) is 10.5 Å². The molecule has 0 aliphatic heterocycles. The van der Waals surface area contributed by atoms with Crippen molar-refractivity contribution in [2.24, 2.45) is 5.73 Å². The molecule has 1 rings (SSSR count). The third-order valence-corrected chi connectivity index (χ3v) is 2.32. The quantitative estimate of drug-likeness (QED) is 0.773. The molecule has 0 bridgehead atoms. The smallest absolute Gasteiger partial charge is 0.119 e. The molecule has 2 nitrogen and oxygen atoms in total. The molecule has 0 radical (unpaired) electrons. The molecule has 0 aliphatic carbocycles. The zero-order valence-electron chi connectivity index (χ0n) is 8.50. The Bertz CT molecular complexity index is 283. The maximum absolute atomic E-state index is 5.95. The van der Waals surface area contributed by atoms with Crippen LogP contribution in [-0.4, -0.2) is 7.11 Å². The van der Waals surface area contributed by atoms with Crippen LogP contribution in [0.5, 0.6) is 5.75 Å². The van der Waals surface area contributed by atoms with E-state index in [9.17, 15) is 0 Å². The van der Waals surface area contributed by atoms with Crippen molar-refractivity contribution >= 4 is 0 Å². The third-order valence-electron chi connectivity index (χ3n) is 2.32. The second-order valence-electron chi connectivity index (χ2n) is 3.24. The highest BCUT2D eigenvalue weighted by Gasteiger charge is 2.06. The van der Waals surface area contributed by atoms with Gasteiger partial charge in [-0.2, -0.15) is 0 Å². The van der Waals surface area contributed by atoms with Crippen molar-refractivity contribution in [2.75, 3.05) is 7.11 Å². The fourth-order valence-electron chi connectivity index (χ4n) is 1.41. The van der Waals surface area contributed by atoms with Crippen LogP contribution in [0, 0.1) is 6.92 Å². The summed E-state index contributed by atoms with van der Waals surface area (Å²) in [6, 6.07) is 6.16. The minimum atomic E-state index is 0.144. The Morgan fingerprint density at radius 1 is 1.46 bits per heavy atom. The van der Waals surface area contributed by atoms with Crippen molar-refractivity contribution < 1.29 is 4.74 Å². The minimum absolute atomic E-state index is 0.144. The van der Waals surface area contributed by atoms with Gasteiger partial charge in [0.25, 0.3) is 0 Å². The van der Waals surface area contributed by atoms with Gasteiger partial charge >= 0.3 is 0 Å². The molecule has 0 saturated carbocycles. The number of methoxy groups -OCH3 is 1. The summed E-state index contributed by atoms with van der Waals surface area (Å²) in [6.45, 7) is 4.15. The second kappa shape index (κ2) is 4.28. The van der Waals surface area contributed by atoms with Gasteiger partial charge in [0.15, 0.2) is 0 Å². The lowest BCUT2D eigenvalue weighted by Gasteiger charge is -2.13. The maximum atomic E-state index is 5.95. The van der Waals surface area contributed by atoms with Crippen LogP contribution < -0.4 is 10.5 Å². The first-order valence-electron chi connectivity index (χ1n) is 4.59. The van der Waals surface area contributed by atoms with E-state index < -0.39 is 0 Å². The third kappa shape index (κ3) is 2.22. The largest absolute Gasteiger partial charge is 0.497 e. The van der Waals surface area contributed by atoms with Crippen LogP contribution in [-0.2, 0) is 0 Å². The van der Waals surface area contributed by atoms with Crippen LogP contribution in [0.25, 0.3) is 0 Å². The van der Waals surface area contributed by atoms with Gasteiger partial charge < -0.3 is 10.5 Å². The number of rotatable bonds is 3. The highest BCUT2D eigenvalue weighted by Crippen LogP contribution is 2.22. The fraction of sp³-hybridized carbons (Fsp3) is 0.455. The van der Waals surface area contributed by atoms with Crippen LogP contribution in [0.4, 0.5) is 0 Å². The molecule has 0 amide bonds. The molecule has 1 unspecified atom stereocenters. The van der Waals surface area contributed by atoms with E-state index in [-0.39, 0.29) is 6.04 Å². The summed E-state index contributed by atoms with van der Waals surface area (Å²) in [4.78, 5) is 0. The van der Waals surface area contributed by atoms with Gasteiger partial charge in [-0.05, 0) is 36.6 Å². The Kier molecular flexibility index (Phi) is 3.32. The highest BCUT2D eigenvalue weighted by molar-refractivity contribution is 5.36. The van der Waals surface area contributed by atoms with Gasteiger partial charge in [0.1, 0.15) is 5.75 Å². The lowest BCUT2D eigenvalue weighted by molar-refractivity contribution is 0.414. The highest BCUT2D eigenvalue weighted by atomic mass is 16.5. The van der Waals surface area contributed by atoms with Gasteiger partial charge in [-0.1, -0.05) is 13.0 Å². The molecule has 2 heteroatoms. The molecule has 0 saturated heterocycles. The van der Waals surface area contributed by atoms with Gasteiger partial charge in [-0.25, -0.2) is 0 Å². The average molecular weight is 179 g/mol. The molecular weight excluding hydrogens is 162 g/mol. The molecule has 2 N–H and O–H groups in total. The molecule has 0 heterocycles. The summed E-state index contributed by atoms with van der Waals surface area (Å²) < 4.78 is 5.12. The SMILES string of the molecule is CCC(N)c1ccc(OC)cc1C. The van der Waals surface area contributed by atoms with Gasteiger partial charge in [-0.15, -0.1) is 0 Å². The van der Waals surface area contributed by atoms with Crippen molar-refractivity contribution in [3.8, 4) is 5.75 Å². The molecule has 1 aromatic rings. The van der Waals surface area contributed by atoms with Crippen LogP contribution in [0.2, 0.25) is 0 Å². The average Bonchev–Trinajstić information content (AvgIpc) is 2.16. The van der Waals surface area contributed by atoms with Gasteiger partial charge in [0.05, 0.1) is 7.11 Å². The molecule has 0 fully saturated rings. The molecule has 0 aromatic heterocycles. The summed E-state index contributed by atoms with van der Waals surface area (Å²) in [5.74, 6) is 0.893. The first-order valence-corrected chi connectivity index (χ1v) is 4.59. The van der Waals surface area contributed by atoms with Gasteiger partial charge in [-0.3, -0.25) is 0 Å². The van der Waals surface area contributed by atoms with Crippen LogP contribution >= 0.6 is 0 Å². The van der Waals surface area contributed by atoms with Crippen molar-refractivity contribution in [1.29, 1.82) is 0 Å². The molecule has 1 aromatic carbocycles. The predicted molar refractivity (Wildman–Crippen MR) is 55.0 cm³/mol. The van der Waals surface area contributed by atoms with Gasteiger partial charge in [0.2, 0.25) is 0 Å². The summed E-state index contributed by atoms with van der Waals surface area (Å²) >= 11 is 0. The van der Waals surface area contributed by atoms with E-state index in [1.807, 2.05) is 18.2 Å². The normalized spacial score (nSPS) is 12.6. The zero-order chi connectivity index (χ0) is 9.84. The predicted octanol–water partition coefficient (Wildman–Crippen LogP) is 2.41. The monoisotopic (exact) mass is 179 g/mol. The van der Waals surface area contributed by atoms with Crippen LogP contribution in [0.15, 0.2) is 18.2 Å². The number of ether oxygens (including phenoxy) is 1. The lowest BCUT2D eigenvalue weighted by Crippen LogP contribution is -2.10. The Hall–Kier alpha value is -1.02. The van der Waals surface area contributed by atoms with Crippen molar-refractivity contribution in [2.45, 2.75) is 26.3 Å². The van der Waals surface area contributed by atoms with Crippen molar-refractivity contribution in [3.05, 3.63) is 29.3 Å². The van der Waals surface area contributed by atoms with Gasteiger partial charge in [0, 0.05) is 6.04 Å². The lowest BCUT2D eigenvalue weighted by atomic mass is 10.00. The number of hydrogen-bond acceptors (Lipinski definition) is 2. The van der Waals surface area contributed by atoms with E-state index in [0.717, 1.165) is 12.2 Å². The number of benzene rings is 1. The number of hydrogen-bond donors (Lipinski definition) is 1. The minimum Gasteiger partial charge on any atom is -0.497 e. The topological polar surface area (TPSA) is 35.2 Å². The molecule has 1 atom stereocenters. The first-order chi connectivity index (χ1) is 6.19.